The van der Waals surface area contributed by atoms with Crippen LogP contribution < -0.4 is 9.47 Å². The molecular weight excluding hydrogens is 320 g/mol. The van der Waals surface area contributed by atoms with Crippen molar-refractivity contribution in [1.29, 1.82) is 5.26 Å². The van der Waals surface area contributed by atoms with Gasteiger partial charge in [0.15, 0.2) is 5.69 Å². The van der Waals surface area contributed by atoms with Crippen molar-refractivity contribution in [3.05, 3.63) is 23.5 Å². The van der Waals surface area contributed by atoms with Crippen LogP contribution in [0.15, 0.2) is 12.3 Å². The molecule has 0 spiro atoms. The van der Waals surface area contributed by atoms with Crippen LogP contribution in [0, 0.1) is 17.2 Å². The maximum Gasteiger partial charge on any atom is 0.319 e. The zero-order chi connectivity index (χ0) is 17.3. The molecule has 9 heteroatoms. The van der Waals surface area contributed by atoms with Gasteiger partial charge in [0.1, 0.15) is 11.8 Å². The molecule has 2 aromatic heterocycles. The van der Waals surface area contributed by atoms with Gasteiger partial charge >= 0.3 is 6.01 Å². The molecule has 124 valence electrons. The predicted molar refractivity (Wildman–Crippen MR) is 77.7 cm³/mol. The van der Waals surface area contributed by atoms with Crippen molar-refractivity contribution in [2.24, 2.45) is 5.92 Å². The lowest BCUT2D eigenvalue weighted by Crippen LogP contribution is -2.03. The third-order valence-corrected chi connectivity index (χ3v) is 3.88. The first-order valence-corrected chi connectivity index (χ1v) is 7.10. The summed E-state index contributed by atoms with van der Waals surface area (Å²) in [6.45, 7) is 0. The van der Waals surface area contributed by atoms with E-state index in [1.165, 1.54) is 20.4 Å². The Morgan fingerprint density at radius 1 is 1.29 bits per heavy atom. The first kappa shape index (κ1) is 16.0. The van der Waals surface area contributed by atoms with Crippen molar-refractivity contribution in [2.45, 2.75) is 18.8 Å². The summed E-state index contributed by atoms with van der Waals surface area (Å²) in [6, 6.07) is 3.60. The SMILES string of the molecule is COc1ncc(-c2cc([C@H]3C[C@@H]3C(F)F)c(C#N)nn2)c(OC)n1. The lowest BCUT2D eigenvalue weighted by atomic mass is 10.1. The van der Waals surface area contributed by atoms with E-state index in [1.54, 1.807) is 6.07 Å². The van der Waals surface area contributed by atoms with Gasteiger partial charge in [0, 0.05) is 12.1 Å². The third-order valence-electron chi connectivity index (χ3n) is 3.88. The number of ether oxygens (including phenoxy) is 2. The van der Waals surface area contributed by atoms with E-state index in [4.69, 9.17) is 14.7 Å². The molecular formula is C15H13F2N5O2. The van der Waals surface area contributed by atoms with Gasteiger partial charge in [-0.05, 0) is 24.0 Å². The fraction of sp³-hybridized carbons (Fsp3) is 0.400. The Morgan fingerprint density at radius 2 is 2.08 bits per heavy atom. The lowest BCUT2D eigenvalue weighted by Gasteiger charge is -2.09. The van der Waals surface area contributed by atoms with E-state index in [2.05, 4.69) is 20.2 Å². The van der Waals surface area contributed by atoms with E-state index in [0.29, 0.717) is 23.2 Å². The minimum atomic E-state index is -2.42. The van der Waals surface area contributed by atoms with Crippen molar-refractivity contribution in [3.8, 4) is 29.2 Å². The first-order chi connectivity index (χ1) is 11.6. The highest BCUT2D eigenvalue weighted by Gasteiger charge is 2.46. The molecule has 1 saturated carbocycles. The van der Waals surface area contributed by atoms with E-state index < -0.39 is 12.3 Å². The van der Waals surface area contributed by atoms with Gasteiger partial charge in [-0.25, -0.2) is 13.8 Å². The number of hydrogen-bond donors (Lipinski definition) is 0. The smallest absolute Gasteiger partial charge is 0.319 e. The van der Waals surface area contributed by atoms with Crippen molar-refractivity contribution in [1.82, 2.24) is 20.2 Å². The van der Waals surface area contributed by atoms with Crippen LogP contribution in [0.3, 0.4) is 0 Å². The van der Waals surface area contributed by atoms with Crippen molar-refractivity contribution < 1.29 is 18.3 Å². The average molecular weight is 333 g/mol. The Kier molecular flexibility index (Phi) is 4.20. The summed E-state index contributed by atoms with van der Waals surface area (Å²) >= 11 is 0. The monoisotopic (exact) mass is 333 g/mol. The molecule has 0 N–H and O–H groups in total. The standard InChI is InChI=1S/C15H13F2N5O2/c1-23-14-10(6-19-15(20-14)24-2)11-4-8(12(5-18)22-21-11)7-3-9(7)13(16)17/h4,6-7,9,13H,3H2,1-2H3/t7-,9+/m1/s1. The molecule has 1 aliphatic rings. The molecule has 3 rings (SSSR count). The summed E-state index contributed by atoms with van der Waals surface area (Å²) in [7, 11) is 2.85. The number of aromatic nitrogens is 4. The summed E-state index contributed by atoms with van der Waals surface area (Å²) in [6.07, 6.45) is -0.646. The van der Waals surface area contributed by atoms with Gasteiger partial charge in [-0.1, -0.05) is 0 Å². The van der Waals surface area contributed by atoms with Crippen LogP contribution >= 0.6 is 0 Å². The highest BCUT2D eigenvalue weighted by atomic mass is 19.3. The molecule has 1 fully saturated rings. The number of rotatable bonds is 5. The number of methoxy groups -OCH3 is 2. The molecule has 2 aromatic rings. The summed E-state index contributed by atoms with van der Waals surface area (Å²) in [5.74, 6) is -0.921. The van der Waals surface area contributed by atoms with Gasteiger partial charge in [-0.15, -0.1) is 10.2 Å². The zero-order valence-electron chi connectivity index (χ0n) is 12.9. The Bertz CT molecular complexity index is 809. The van der Waals surface area contributed by atoms with E-state index >= 15 is 0 Å². The van der Waals surface area contributed by atoms with Crippen LogP contribution in [0.2, 0.25) is 0 Å². The second-order valence-corrected chi connectivity index (χ2v) is 5.27. The normalized spacial score (nSPS) is 19.0. The quantitative estimate of drug-likeness (QED) is 0.828. The fourth-order valence-corrected chi connectivity index (χ4v) is 2.54. The second kappa shape index (κ2) is 6.31. The Hall–Kier alpha value is -2.89. The molecule has 1 aliphatic carbocycles. The Balaban J connectivity index is 2.03. The molecule has 0 saturated heterocycles. The number of alkyl halides is 2. The lowest BCUT2D eigenvalue weighted by molar-refractivity contribution is 0.120. The molecule has 0 radical (unpaired) electrons. The van der Waals surface area contributed by atoms with Crippen molar-refractivity contribution in [2.75, 3.05) is 14.2 Å². The van der Waals surface area contributed by atoms with E-state index in [-0.39, 0.29) is 23.5 Å². The predicted octanol–water partition coefficient (Wildman–Crippen LogP) is 2.19. The molecule has 0 bridgehead atoms. The molecule has 0 amide bonds. The summed E-state index contributed by atoms with van der Waals surface area (Å²) in [4.78, 5) is 8.05. The molecule has 2 atom stereocenters. The molecule has 0 unspecified atom stereocenters. The maximum absolute atomic E-state index is 12.8. The molecule has 0 aliphatic heterocycles. The van der Waals surface area contributed by atoms with Gasteiger partial charge in [-0.3, -0.25) is 0 Å². The number of nitriles is 1. The van der Waals surface area contributed by atoms with Crippen LogP contribution in [0.1, 0.15) is 23.6 Å². The largest absolute Gasteiger partial charge is 0.480 e. The van der Waals surface area contributed by atoms with Crippen LogP contribution in [0.4, 0.5) is 8.78 Å². The van der Waals surface area contributed by atoms with Crippen LogP contribution in [0.25, 0.3) is 11.3 Å². The first-order valence-electron chi connectivity index (χ1n) is 7.10. The average Bonchev–Trinajstić information content (AvgIpc) is 3.41. The third kappa shape index (κ3) is 2.82. The molecule has 7 nitrogen and oxygen atoms in total. The van der Waals surface area contributed by atoms with Crippen LogP contribution in [-0.4, -0.2) is 40.8 Å². The number of halogens is 2. The fourth-order valence-electron chi connectivity index (χ4n) is 2.54. The Labute approximate surface area is 136 Å². The second-order valence-electron chi connectivity index (χ2n) is 5.27. The van der Waals surface area contributed by atoms with Gasteiger partial charge in [0.2, 0.25) is 12.3 Å². The summed E-state index contributed by atoms with van der Waals surface area (Å²) in [5, 5.41) is 17.0. The minimum absolute atomic E-state index is 0.0558. The van der Waals surface area contributed by atoms with Gasteiger partial charge in [0.25, 0.3) is 0 Å². The zero-order valence-corrected chi connectivity index (χ0v) is 12.9. The highest BCUT2D eigenvalue weighted by molar-refractivity contribution is 5.65. The van der Waals surface area contributed by atoms with E-state index in [9.17, 15) is 8.78 Å². The summed E-state index contributed by atoms with van der Waals surface area (Å²) < 4.78 is 35.8. The van der Waals surface area contributed by atoms with Gasteiger partial charge < -0.3 is 9.47 Å². The van der Waals surface area contributed by atoms with Crippen molar-refractivity contribution in [3.63, 3.8) is 0 Å². The molecule has 0 aromatic carbocycles. The molecule has 24 heavy (non-hydrogen) atoms. The number of nitrogens with zero attached hydrogens (tertiary/aromatic N) is 5. The highest BCUT2D eigenvalue weighted by Crippen LogP contribution is 2.52. The van der Waals surface area contributed by atoms with E-state index in [1.807, 2.05) is 6.07 Å². The topological polar surface area (TPSA) is 93.8 Å². The summed E-state index contributed by atoms with van der Waals surface area (Å²) in [5.41, 5.74) is 1.31. The van der Waals surface area contributed by atoms with Crippen LogP contribution in [-0.2, 0) is 0 Å². The van der Waals surface area contributed by atoms with E-state index in [0.717, 1.165) is 0 Å². The number of hydrogen-bond acceptors (Lipinski definition) is 7. The molecule has 2 heterocycles. The van der Waals surface area contributed by atoms with Crippen molar-refractivity contribution >= 4 is 0 Å². The van der Waals surface area contributed by atoms with Crippen LogP contribution in [0.5, 0.6) is 11.9 Å². The minimum Gasteiger partial charge on any atom is -0.480 e. The van der Waals surface area contributed by atoms with Gasteiger partial charge in [0.05, 0.1) is 19.8 Å². The Morgan fingerprint density at radius 3 is 2.67 bits per heavy atom. The maximum atomic E-state index is 12.8. The van der Waals surface area contributed by atoms with Gasteiger partial charge in [-0.2, -0.15) is 10.2 Å².